The molecule has 0 aliphatic heterocycles. The fourth-order valence-electron chi connectivity index (χ4n) is 2.93. The Morgan fingerprint density at radius 1 is 1.19 bits per heavy atom. The molecule has 0 aromatic rings. The molecule has 0 spiro atoms. The molecule has 2 aliphatic rings. The summed E-state index contributed by atoms with van der Waals surface area (Å²) in [6.07, 6.45) is 2.53. The molecule has 1 saturated carbocycles. The Bertz CT molecular complexity index is 311. The number of carboxylic acid groups (broad SMARTS) is 1. The van der Waals surface area contributed by atoms with Crippen molar-refractivity contribution in [3.05, 3.63) is 12.2 Å². The van der Waals surface area contributed by atoms with E-state index in [0.29, 0.717) is 5.92 Å². The van der Waals surface area contributed by atoms with Crippen LogP contribution < -0.4 is 0 Å². The molecule has 0 saturated heterocycles. The summed E-state index contributed by atoms with van der Waals surface area (Å²) in [6, 6.07) is 0. The van der Waals surface area contributed by atoms with Crippen molar-refractivity contribution in [2.24, 2.45) is 23.7 Å². The molecular weight excluding hydrogens is 212 g/mol. The number of allylic oxidation sites excluding steroid dienone is 2. The second-order valence-corrected chi connectivity index (χ2v) is 4.71. The summed E-state index contributed by atoms with van der Waals surface area (Å²) in [4.78, 5) is 10.8. The van der Waals surface area contributed by atoms with E-state index in [1.807, 2.05) is 6.08 Å². The van der Waals surface area contributed by atoms with Gasteiger partial charge in [-0.3, -0.25) is 4.79 Å². The number of hydrogen-bond acceptors (Lipinski definition) is 4. The molecule has 5 atom stereocenters. The van der Waals surface area contributed by atoms with Crippen LogP contribution in [0.15, 0.2) is 12.2 Å². The molecule has 0 heterocycles. The number of aliphatic hydroxyl groups is 3. The Labute approximate surface area is 93.0 Å². The summed E-state index contributed by atoms with van der Waals surface area (Å²) in [5.41, 5.74) is 0. The van der Waals surface area contributed by atoms with Crippen LogP contribution in [0.1, 0.15) is 12.8 Å². The molecule has 2 aliphatic carbocycles. The topological polar surface area (TPSA) is 98.0 Å². The van der Waals surface area contributed by atoms with E-state index in [4.69, 9.17) is 15.3 Å². The monoisotopic (exact) mass is 228 g/mol. The lowest BCUT2D eigenvalue weighted by Crippen LogP contribution is -2.43. The first-order valence-electron chi connectivity index (χ1n) is 5.46. The first-order chi connectivity index (χ1) is 7.50. The number of carboxylic acids is 1. The van der Waals surface area contributed by atoms with Gasteiger partial charge in [0.15, 0.2) is 6.29 Å². The summed E-state index contributed by atoms with van der Waals surface area (Å²) < 4.78 is 0. The number of carbonyl (C=O) groups is 1. The van der Waals surface area contributed by atoms with Gasteiger partial charge in [0.25, 0.3) is 0 Å². The van der Waals surface area contributed by atoms with Gasteiger partial charge in [-0.25, -0.2) is 0 Å². The summed E-state index contributed by atoms with van der Waals surface area (Å²) in [5, 5.41) is 36.7. The summed E-state index contributed by atoms with van der Waals surface area (Å²) in [6.45, 7) is 0. The maximum atomic E-state index is 10.8. The standard InChI is InChI=1S/C11H16O5/c12-9(8(10(13)14)11(15)16)7-4-5-1-2-6(7)3-5/h1-2,5-10,12-14H,3-4H2,(H,15,16). The highest BCUT2D eigenvalue weighted by atomic mass is 16.5. The fraction of sp³-hybridized carbons (Fsp3) is 0.727. The zero-order valence-corrected chi connectivity index (χ0v) is 8.73. The maximum Gasteiger partial charge on any atom is 0.314 e. The van der Waals surface area contributed by atoms with E-state index in [0.717, 1.165) is 12.8 Å². The van der Waals surface area contributed by atoms with Gasteiger partial charge in [0.2, 0.25) is 0 Å². The second kappa shape index (κ2) is 4.16. The Kier molecular flexibility index (Phi) is 3.01. The van der Waals surface area contributed by atoms with Crippen LogP contribution in [-0.2, 0) is 4.79 Å². The van der Waals surface area contributed by atoms with Crippen molar-refractivity contribution < 1.29 is 25.2 Å². The molecule has 16 heavy (non-hydrogen) atoms. The van der Waals surface area contributed by atoms with Crippen molar-refractivity contribution in [2.75, 3.05) is 0 Å². The zero-order chi connectivity index (χ0) is 11.9. The molecule has 0 aromatic heterocycles. The van der Waals surface area contributed by atoms with Gasteiger partial charge in [-0.05, 0) is 30.6 Å². The predicted molar refractivity (Wildman–Crippen MR) is 54.2 cm³/mol. The molecule has 0 amide bonds. The third-order valence-electron chi connectivity index (χ3n) is 3.74. The third-order valence-corrected chi connectivity index (χ3v) is 3.74. The maximum absolute atomic E-state index is 10.8. The van der Waals surface area contributed by atoms with Gasteiger partial charge in [0, 0.05) is 0 Å². The molecular formula is C11H16O5. The number of aliphatic hydroxyl groups excluding tert-OH is 2. The van der Waals surface area contributed by atoms with E-state index in [-0.39, 0.29) is 11.8 Å². The van der Waals surface area contributed by atoms with E-state index in [2.05, 4.69) is 6.08 Å². The van der Waals surface area contributed by atoms with Crippen LogP contribution in [0.5, 0.6) is 0 Å². The second-order valence-electron chi connectivity index (χ2n) is 4.71. The highest BCUT2D eigenvalue weighted by Crippen LogP contribution is 2.46. The van der Waals surface area contributed by atoms with Crippen LogP contribution in [0.3, 0.4) is 0 Å². The van der Waals surface area contributed by atoms with Crippen molar-refractivity contribution in [3.8, 4) is 0 Å². The van der Waals surface area contributed by atoms with Crippen molar-refractivity contribution in [1.82, 2.24) is 0 Å². The van der Waals surface area contributed by atoms with Gasteiger partial charge in [-0.2, -0.15) is 0 Å². The SMILES string of the molecule is O=C(O)C(C(O)O)C(O)C1CC2C=CC1C2. The Balaban J connectivity index is 2.09. The average molecular weight is 228 g/mol. The minimum Gasteiger partial charge on any atom is -0.481 e. The lowest BCUT2D eigenvalue weighted by molar-refractivity contribution is -0.174. The molecule has 5 nitrogen and oxygen atoms in total. The highest BCUT2D eigenvalue weighted by molar-refractivity contribution is 5.71. The first-order valence-corrected chi connectivity index (χ1v) is 5.46. The zero-order valence-electron chi connectivity index (χ0n) is 8.73. The van der Waals surface area contributed by atoms with Crippen LogP contribution in [0.2, 0.25) is 0 Å². The highest BCUT2D eigenvalue weighted by Gasteiger charge is 2.45. The van der Waals surface area contributed by atoms with Crippen LogP contribution >= 0.6 is 0 Å². The molecule has 4 N–H and O–H groups in total. The van der Waals surface area contributed by atoms with Crippen LogP contribution in [0.25, 0.3) is 0 Å². The van der Waals surface area contributed by atoms with Gasteiger partial charge >= 0.3 is 5.97 Å². The minimum absolute atomic E-state index is 0.169. The third kappa shape index (κ3) is 1.86. The number of fused-ring (bicyclic) bond motifs is 2. The number of hydrogen-bond donors (Lipinski definition) is 4. The number of aliphatic carboxylic acids is 1. The van der Waals surface area contributed by atoms with E-state index < -0.39 is 24.3 Å². The molecule has 5 unspecified atom stereocenters. The largest absolute Gasteiger partial charge is 0.481 e. The molecule has 0 radical (unpaired) electrons. The smallest absolute Gasteiger partial charge is 0.314 e. The van der Waals surface area contributed by atoms with Crippen LogP contribution in [0.4, 0.5) is 0 Å². The lowest BCUT2D eigenvalue weighted by atomic mass is 9.82. The fourth-order valence-corrected chi connectivity index (χ4v) is 2.93. The van der Waals surface area contributed by atoms with Gasteiger partial charge in [-0.1, -0.05) is 12.2 Å². The normalized spacial score (nSPS) is 35.6. The van der Waals surface area contributed by atoms with Gasteiger partial charge in [-0.15, -0.1) is 0 Å². The summed E-state index contributed by atoms with van der Waals surface area (Å²) in [7, 11) is 0. The Morgan fingerprint density at radius 2 is 1.88 bits per heavy atom. The van der Waals surface area contributed by atoms with Crippen molar-refractivity contribution in [3.63, 3.8) is 0 Å². The molecule has 2 bridgehead atoms. The Morgan fingerprint density at radius 3 is 2.25 bits per heavy atom. The van der Waals surface area contributed by atoms with Gasteiger partial charge < -0.3 is 20.4 Å². The molecule has 90 valence electrons. The van der Waals surface area contributed by atoms with Crippen LogP contribution in [0, 0.1) is 23.7 Å². The Hall–Kier alpha value is -0.910. The van der Waals surface area contributed by atoms with Crippen LogP contribution in [-0.4, -0.2) is 38.8 Å². The van der Waals surface area contributed by atoms with Crippen molar-refractivity contribution in [2.45, 2.75) is 25.2 Å². The lowest BCUT2D eigenvalue weighted by Gasteiger charge is -2.29. The average Bonchev–Trinajstić information content (AvgIpc) is 2.76. The van der Waals surface area contributed by atoms with E-state index in [1.54, 1.807) is 0 Å². The summed E-state index contributed by atoms with van der Waals surface area (Å²) in [5.74, 6) is -2.46. The molecule has 0 aromatic carbocycles. The number of rotatable bonds is 4. The first kappa shape index (κ1) is 11.6. The molecule has 2 rings (SSSR count). The van der Waals surface area contributed by atoms with Crippen molar-refractivity contribution in [1.29, 1.82) is 0 Å². The molecule has 5 heteroatoms. The minimum atomic E-state index is -2.02. The quantitative estimate of drug-likeness (QED) is 0.386. The van der Waals surface area contributed by atoms with E-state index in [9.17, 15) is 9.90 Å². The summed E-state index contributed by atoms with van der Waals surface area (Å²) >= 11 is 0. The van der Waals surface area contributed by atoms with Gasteiger partial charge in [0.05, 0.1) is 6.10 Å². The predicted octanol–water partition coefficient (Wildman–Crippen LogP) is -0.429. The van der Waals surface area contributed by atoms with Gasteiger partial charge in [0.1, 0.15) is 5.92 Å². The van der Waals surface area contributed by atoms with E-state index in [1.165, 1.54) is 0 Å². The van der Waals surface area contributed by atoms with E-state index >= 15 is 0 Å². The van der Waals surface area contributed by atoms with Crippen molar-refractivity contribution >= 4 is 5.97 Å². The molecule has 1 fully saturated rings.